The molecule has 1 aliphatic rings. The number of nitro benzene ring substituents is 1. The van der Waals surface area contributed by atoms with Gasteiger partial charge in [0.05, 0.1) is 22.3 Å². The van der Waals surface area contributed by atoms with Gasteiger partial charge < -0.3 is 4.74 Å². The third kappa shape index (κ3) is 2.84. The second-order valence-electron chi connectivity index (χ2n) is 5.10. The molecule has 0 spiro atoms. The molecule has 0 aromatic heterocycles. The number of non-ortho nitro benzene ring substituents is 1. The molecule has 1 aliphatic heterocycles. The van der Waals surface area contributed by atoms with E-state index in [0.29, 0.717) is 10.7 Å². The van der Waals surface area contributed by atoms with Gasteiger partial charge in [0.25, 0.3) is 15.7 Å². The molecular formula is C14H16N2O7S. The van der Waals surface area contributed by atoms with Crippen molar-refractivity contribution < 1.29 is 27.7 Å². The van der Waals surface area contributed by atoms with Crippen LogP contribution in [0.2, 0.25) is 0 Å². The minimum atomic E-state index is -4.29. The summed E-state index contributed by atoms with van der Waals surface area (Å²) in [4.78, 5) is 33.8. The van der Waals surface area contributed by atoms with Crippen LogP contribution in [-0.2, 0) is 24.3 Å². The lowest BCUT2D eigenvalue weighted by atomic mass is 9.88. The molecule has 1 fully saturated rings. The molecule has 0 saturated carbocycles. The van der Waals surface area contributed by atoms with E-state index in [1.165, 1.54) is 0 Å². The van der Waals surface area contributed by atoms with E-state index in [9.17, 15) is 28.1 Å². The highest BCUT2D eigenvalue weighted by Gasteiger charge is 2.57. The van der Waals surface area contributed by atoms with Gasteiger partial charge >= 0.3 is 5.97 Å². The van der Waals surface area contributed by atoms with Crippen LogP contribution >= 0.6 is 0 Å². The lowest BCUT2D eigenvalue weighted by Gasteiger charge is -2.43. The summed E-state index contributed by atoms with van der Waals surface area (Å²) in [6, 6.07) is 2.90. The molecule has 130 valence electrons. The second kappa shape index (κ2) is 6.56. The Morgan fingerprint density at radius 2 is 1.88 bits per heavy atom. The summed E-state index contributed by atoms with van der Waals surface area (Å²) in [7, 11) is -4.29. The highest BCUT2D eigenvalue weighted by Crippen LogP contribution is 2.36. The van der Waals surface area contributed by atoms with Crippen molar-refractivity contribution in [3.8, 4) is 0 Å². The highest BCUT2D eigenvalue weighted by atomic mass is 32.2. The van der Waals surface area contributed by atoms with Crippen LogP contribution in [0.15, 0.2) is 29.2 Å². The molecule has 0 aliphatic carbocycles. The lowest BCUT2D eigenvalue weighted by molar-refractivity contribution is -0.384. The van der Waals surface area contributed by atoms with Crippen molar-refractivity contribution in [3.63, 3.8) is 0 Å². The summed E-state index contributed by atoms with van der Waals surface area (Å²) in [6.45, 7) is 3.31. The van der Waals surface area contributed by atoms with Crippen molar-refractivity contribution in [1.82, 2.24) is 4.31 Å². The molecule has 0 N–H and O–H groups in total. The first-order valence-corrected chi connectivity index (χ1v) is 8.69. The number of carbonyl (C=O) groups excluding carboxylic acids is 2. The predicted octanol–water partition coefficient (Wildman–Crippen LogP) is 1.08. The van der Waals surface area contributed by atoms with Crippen LogP contribution in [0.3, 0.4) is 0 Å². The van der Waals surface area contributed by atoms with Gasteiger partial charge in [0.2, 0.25) is 5.91 Å². The summed E-state index contributed by atoms with van der Waals surface area (Å²) in [5, 5.41) is 10.6. The molecule has 2 atom stereocenters. The first-order chi connectivity index (χ1) is 11.3. The van der Waals surface area contributed by atoms with Gasteiger partial charge in [0.1, 0.15) is 0 Å². The van der Waals surface area contributed by atoms with E-state index < -0.39 is 38.8 Å². The molecule has 1 aromatic carbocycles. The van der Waals surface area contributed by atoms with E-state index in [1.807, 2.05) is 0 Å². The van der Waals surface area contributed by atoms with Gasteiger partial charge in [-0.2, -0.15) is 0 Å². The summed E-state index contributed by atoms with van der Waals surface area (Å²) in [5.41, 5.74) is -0.280. The number of nitrogens with zero attached hydrogens (tertiary/aromatic N) is 2. The molecule has 24 heavy (non-hydrogen) atoms. The molecule has 0 bridgehead atoms. The van der Waals surface area contributed by atoms with Gasteiger partial charge in [0.15, 0.2) is 6.04 Å². The SMILES string of the molecule is CCOC(=O)[C@H]1[C@H](CC)C(=O)N1S(=O)(=O)c1ccc([N+](=O)[O-])cc1. The third-order valence-electron chi connectivity index (χ3n) is 3.74. The number of β-lactam (4-membered cyclic amide) rings is 1. The number of amides is 1. The van der Waals surface area contributed by atoms with E-state index >= 15 is 0 Å². The van der Waals surface area contributed by atoms with Crippen molar-refractivity contribution in [1.29, 1.82) is 0 Å². The van der Waals surface area contributed by atoms with Gasteiger partial charge in [-0.3, -0.25) is 14.9 Å². The molecule has 9 nitrogen and oxygen atoms in total. The van der Waals surface area contributed by atoms with Crippen LogP contribution < -0.4 is 0 Å². The van der Waals surface area contributed by atoms with Crippen LogP contribution in [-0.4, -0.2) is 42.2 Å². The van der Waals surface area contributed by atoms with Crippen LogP contribution in [0, 0.1) is 16.0 Å². The molecule has 0 radical (unpaired) electrons. The number of benzene rings is 1. The quantitative estimate of drug-likeness (QED) is 0.323. The average molecular weight is 356 g/mol. The van der Waals surface area contributed by atoms with Crippen molar-refractivity contribution in [2.24, 2.45) is 5.92 Å². The minimum absolute atomic E-state index is 0.0609. The molecule has 10 heteroatoms. The van der Waals surface area contributed by atoms with Crippen LogP contribution in [0.5, 0.6) is 0 Å². The number of nitro groups is 1. The van der Waals surface area contributed by atoms with Gasteiger partial charge in [-0.15, -0.1) is 0 Å². The van der Waals surface area contributed by atoms with Crippen molar-refractivity contribution in [3.05, 3.63) is 34.4 Å². The number of ether oxygens (including phenoxy) is 1. The Kier molecular flexibility index (Phi) is 4.88. The Hall–Kier alpha value is -2.49. The van der Waals surface area contributed by atoms with Crippen molar-refractivity contribution in [2.75, 3.05) is 6.61 Å². The summed E-state index contributed by atoms with van der Waals surface area (Å²) < 4.78 is 30.6. The number of hydrogen-bond donors (Lipinski definition) is 0. The number of rotatable bonds is 6. The Balaban J connectivity index is 2.37. The number of esters is 1. The fourth-order valence-corrected chi connectivity index (χ4v) is 4.14. The van der Waals surface area contributed by atoms with Crippen molar-refractivity contribution in [2.45, 2.75) is 31.2 Å². The zero-order valence-electron chi connectivity index (χ0n) is 13.0. The number of sulfonamides is 1. The van der Waals surface area contributed by atoms with E-state index in [-0.39, 0.29) is 17.2 Å². The van der Waals surface area contributed by atoms with E-state index in [0.717, 1.165) is 24.3 Å². The topological polar surface area (TPSA) is 124 Å². The van der Waals surface area contributed by atoms with Crippen LogP contribution in [0.25, 0.3) is 0 Å². The molecular weight excluding hydrogens is 340 g/mol. The standard InChI is InChI=1S/C14H16N2O7S/c1-3-11-12(14(18)23-4-2)15(13(11)17)24(21,22)10-7-5-9(6-8-10)16(19)20/h5-8,11-12H,3-4H2,1-2H3/t11-,12+/m0/s1. The zero-order valence-corrected chi connectivity index (χ0v) is 13.9. The fourth-order valence-electron chi connectivity index (χ4n) is 2.52. The first-order valence-electron chi connectivity index (χ1n) is 7.25. The first kappa shape index (κ1) is 17.9. The molecule has 2 rings (SSSR count). The Morgan fingerprint density at radius 3 is 2.33 bits per heavy atom. The van der Waals surface area contributed by atoms with Crippen molar-refractivity contribution >= 4 is 27.6 Å². The maximum atomic E-state index is 12.6. The van der Waals surface area contributed by atoms with Gasteiger partial charge in [-0.05, 0) is 25.5 Å². The van der Waals surface area contributed by atoms with Gasteiger partial charge in [-0.1, -0.05) is 6.92 Å². The average Bonchev–Trinajstić information content (AvgIpc) is 2.52. The van der Waals surface area contributed by atoms with Crippen LogP contribution in [0.1, 0.15) is 20.3 Å². The third-order valence-corrected chi connectivity index (χ3v) is 5.53. The second-order valence-corrected chi connectivity index (χ2v) is 6.92. The summed E-state index contributed by atoms with van der Waals surface area (Å²) >= 11 is 0. The smallest absolute Gasteiger partial charge is 0.330 e. The normalized spacial score (nSPS) is 20.4. The molecule has 1 heterocycles. The molecule has 1 amide bonds. The Morgan fingerprint density at radius 1 is 1.29 bits per heavy atom. The summed E-state index contributed by atoms with van der Waals surface area (Å²) in [5.74, 6) is -2.22. The maximum absolute atomic E-state index is 12.6. The molecule has 1 aromatic rings. The predicted molar refractivity (Wildman–Crippen MR) is 81.3 cm³/mol. The maximum Gasteiger partial charge on any atom is 0.330 e. The zero-order chi connectivity index (χ0) is 18.1. The van der Waals surface area contributed by atoms with E-state index in [2.05, 4.69) is 0 Å². The number of carbonyl (C=O) groups is 2. The van der Waals surface area contributed by atoms with Gasteiger partial charge in [0, 0.05) is 12.1 Å². The largest absolute Gasteiger partial charge is 0.464 e. The highest BCUT2D eigenvalue weighted by molar-refractivity contribution is 7.89. The molecule has 1 saturated heterocycles. The Labute approximate surface area is 138 Å². The van der Waals surface area contributed by atoms with Gasteiger partial charge in [-0.25, -0.2) is 17.5 Å². The molecule has 0 unspecified atom stereocenters. The minimum Gasteiger partial charge on any atom is -0.464 e. The monoisotopic (exact) mass is 356 g/mol. The number of hydrogen-bond acceptors (Lipinski definition) is 7. The lowest BCUT2D eigenvalue weighted by Crippen LogP contribution is -2.66. The summed E-state index contributed by atoms with van der Waals surface area (Å²) in [6.07, 6.45) is 0.300. The fraction of sp³-hybridized carbons (Fsp3) is 0.429. The van der Waals surface area contributed by atoms with E-state index in [1.54, 1.807) is 13.8 Å². The van der Waals surface area contributed by atoms with E-state index in [4.69, 9.17) is 4.74 Å². The van der Waals surface area contributed by atoms with Crippen LogP contribution in [0.4, 0.5) is 5.69 Å². The Bertz CT molecular complexity index is 773.